The lowest BCUT2D eigenvalue weighted by atomic mass is 10.1. The molecule has 0 N–H and O–H groups in total. The zero-order valence-electron chi connectivity index (χ0n) is 9.91. The van der Waals surface area contributed by atoms with E-state index in [1.54, 1.807) is 0 Å². The molecule has 0 amide bonds. The molecule has 2 aliphatic carbocycles. The molecule has 0 saturated heterocycles. The lowest BCUT2D eigenvalue weighted by molar-refractivity contribution is -0.147. The van der Waals surface area contributed by atoms with Crippen LogP contribution in [0.5, 0.6) is 0 Å². The maximum Gasteiger partial charge on any atom is 0.309 e. The van der Waals surface area contributed by atoms with E-state index < -0.39 is 0 Å². The van der Waals surface area contributed by atoms with E-state index >= 15 is 0 Å². The van der Waals surface area contributed by atoms with Crippen LogP contribution in [0.3, 0.4) is 0 Å². The SMILES string of the molecule is CCCCCCOC(=O)C1C2CCC(=O)C21. The third-order valence-electron chi connectivity index (χ3n) is 3.78. The highest BCUT2D eigenvalue weighted by Crippen LogP contribution is 2.55. The van der Waals surface area contributed by atoms with Crippen molar-refractivity contribution in [1.29, 1.82) is 0 Å². The van der Waals surface area contributed by atoms with Crippen LogP contribution in [0, 0.1) is 17.8 Å². The van der Waals surface area contributed by atoms with Gasteiger partial charge in [0.25, 0.3) is 0 Å². The molecule has 2 aliphatic rings. The lowest BCUT2D eigenvalue weighted by Gasteiger charge is -2.05. The molecule has 2 rings (SSSR count). The van der Waals surface area contributed by atoms with Crippen LogP contribution >= 0.6 is 0 Å². The summed E-state index contributed by atoms with van der Waals surface area (Å²) >= 11 is 0. The van der Waals surface area contributed by atoms with E-state index in [0.717, 1.165) is 19.3 Å². The molecule has 0 spiro atoms. The maximum atomic E-state index is 11.6. The van der Waals surface area contributed by atoms with E-state index in [0.29, 0.717) is 18.9 Å². The Morgan fingerprint density at radius 3 is 2.81 bits per heavy atom. The van der Waals surface area contributed by atoms with E-state index in [1.165, 1.54) is 12.8 Å². The third-order valence-corrected chi connectivity index (χ3v) is 3.78. The Kier molecular flexibility index (Phi) is 3.62. The molecule has 90 valence electrons. The van der Waals surface area contributed by atoms with Gasteiger partial charge in [-0.25, -0.2) is 0 Å². The number of rotatable bonds is 6. The summed E-state index contributed by atoms with van der Waals surface area (Å²) in [5.41, 5.74) is 0. The number of esters is 1. The number of Topliss-reactive ketones (excluding diaryl/α,β-unsaturated/α-hetero) is 1. The molecule has 2 fully saturated rings. The summed E-state index contributed by atoms with van der Waals surface area (Å²) in [6, 6.07) is 0. The smallest absolute Gasteiger partial charge is 0.309 e. The molecule has 0 bridgehead atoms. The van der Waals surface area contributed by atoms with Crippen LogP contribution in [0.25, 0.3) is 0 Å². The molecule has 16 heavy (non-hydrogen) atoms. The average molecular weight is 224 g/mol. The van der Waals surface area contributed by atoms with Gasteiger partial charge in [-0.3, -0.25) is 9.59 Å². The van der Waals surface area contributed by atoms with Crippen molar-refractivity contribution in [3.63, 3.8) is 0 Å². The first-order chi connectivity index (χ1) is 7.75. The zero-order chi connectivity index (χ0) is 11.5. The molecule has 0 aromatic heterocycles. The van der Waals surface area contributed by atoms with Gasteiger partial charge < -0.3 is 4.74 Å². The summed E-state index contributed by atoms with van der Waals surface area (Å²) in [5.74, 6) is 0.434. The van der Waals surface area contributed by atoms with Crippen LogP contribution in [0.1, 0.15) is 45.4 Å². The Bertz CT molecular complexity index is 285. The molecule has 3 unspecified atom stereocenters. The van der Waals surface area contributed by atoms with Crippen molar-refractivity contribution in [3.05, 3.63) is 0 Å². The second-order valence-corrected chi connectivity index (χ2v) is 4.95. The molecule has 3 atom stereocenters. The minimum Gasteiger partial charge on any atom is -0.465 e. The number of fused-ring (bicyclic) bond motifs is 1. The van der Waals surface area contributed by atoms with Crippen molar-refractivity contribution < 1.29 is 14.3 Å². The van der Waals surface area contributed by atoms with E-state index in [2.05, 4.69) is 6.92 Å². The fourth-order valence-corrected chi connectivity index (χ4v) is 2.77. The number of hydrogen-bond donors (Lipinski definition) is 0. The number of unbranched alkanes of at least 4 members (excludes halogenated alkanes) is 3. The van der Waals surface area contributed by atoms with Gasteiger partial charge in [0.2, 0.25) is 0 Å². The fraction of sp³-hybridized carbons (Fsp3) is 0.846. The molecular weight excluding hydrogens is 204 g/mol. The van der Waals surface area contributed by atoms with Crippen LogP contribution in [-0.2, 0) is 14.3 Å². The summed E-state index contributed by atoms with van der Waals surface area (Å²) in [7, 11) is 0. The monoisotopic (exact) mass is 224 g/mol. The highest BCUT2D eigenvalue weighted by atomic mass is 16.5. The van der Waals surface area contributed by atoms with Crippen molar-refractivity contribution >= 4 is 11.8 Å². The molecule has 0 aliphatic heterocycles. The Balaban J connectivity index is 1.61. The second-order valence-electron chi connectivity index (χ2n) is 4.95. The first kappa shape index (κ1) is 11.6. The van der Waals surface area contributed by atoms with Gasteiger partial charge in [-0.1, -0.05) is 26.2 Å². The number of carbonyl (C=O) groups is 2. The second kappa shape index (κ2) is 4.98. The minimum atomic E-state index is -0.125. The van der Waals surface area contributed by atoms with Gasteiger partial charge in [-0.15, -0.1) is 0 Å². The molecule has 3 heteroatoms. The van der Waals surface area contributed by atoms with E-state index in [-0.39, 0.29) is 23.6 Å². The summed E-state index contributed by atoms with van der Waals surface area (Å²) in [4.78, 5) is 23.0. The van der Waals surface area contributed by atoms with Gasteiger partial charge in [0, 0.05) is 12.3 Å². The van der Waals surface area contributed by atoms with Gasteiger partial charge in [-0.2, -0.15) is 0 Å². The maximum absolute atomic E-state index is 11.6. The molecule has 3 nitrogen and oxygen atoms in total. The Morgan fingerprint density at radius 1 is 1.38 bits per heavy atom. The first-order valence-corrected chi connectivity index (χ1v) is 6.45. The van der Waals surface area contributed by atoms with Crippen LogP contribution in [0.4, 0.5) is 0 Å². The quantitative estimate of drug-likeness (QED) is 0.513. The van der Waals surface area contributed by atoms with Crippen molar-refractivity contribution in [2.75, 3.05) is 6.61 Å². The molecule has 0 aromatic rings. The van der Waals surface area contributed by atoms with Crippen molar-refractivity contribution in [2.45, 2.75) is 45.4 Å². The predicted molar refractivity (Wildman–Crippen MR) is 59.8 cm³/mol. The molecule has 2 saturated carbocycles. The van der Waals surface area contributed by atoms with Crippen molar-refractivity contribution in [3.8, 4) is 0 Å². The molecular formula is C13H20O3. The van der Waals surface area contributed by atoms with Crippen molar-refractivity contribution in [2.24, 2.45) is 17.8 Å². The number of ketones is 1. The zero-order valence-corrected chi connectivity index (χ0v) is 9.91. The predicted octanol–water partition coefficient (Wildman–Crippen LogP) is 2.33. The average Bonchev–Trinajstić information content (AvgIpc) is 2.89. The molecule has 0 radical (unpaired) electrons. The molecule has 0 aromatic carbocycles. The summed E-state index contributed by atoms with van der Waals surface area (Å²) < 4.78 is 5.21. The number of ether oxygens (including phenoxy) is 1. The number of hydrogen-bond acceptors (Lipinski definition) is 3. The topological polar surface area (TPSA) is 43.4 Å². The summed E-state index contributed by atoms with van der Waals surface area (Å²) in [6.45, 7) is 2.69. The van der Waals surface area contributed by atoms with E-state index in [4.69, 9.17) is 4.74 Å². The van der Waals surface area contributed by atoms with E-state index in [9.17, 15) is 9.59 Å². The van der Waals surface area contributed by atoms with Crippen LogP contribution in [0.2, 0.25) is 0 Å². The Morgan fingerprint density at radius 2 is 2.19 bits per heavy atom. The van der Waals surface area contributed by atoms with Crippen LogP contribution < -0.4 is 0 Å². The standard InChI is InChI=1S/C13H20O3/c1-2-3-4-5-8-16-13(15)12-9-6-7-10(14)11(9)12/h9,11-12H,2-8H2,1H3. The van der Waals surface area contributed by atoms with Gasteiger partial charge in [0.05, 0.1) is 12.5 Å². The largest absolute Gasteiger partial charge is 0.465 e. The van der Waals surface area contributed by atoms with Gasteiger partial charge >= 0.3 is 5.97 Å². The Hall–Kier alpha value is -0.860. The van der Waals surface area contributed by atoms with Crippen LogP contribution in [-0.4, -0.2) is 18.4 Å². The third kappa shape index (κ3) is 2.28. The summed E-state index contributed by atoms with van der Waals surface area (Å²) in [6.07, 6.45) is 6.05. The first-order valence-electron chi connectivity index (χ1n) is 6.45. The minimum absolute atomic E-state index is 0.0307. The van der Waals surface area contributed by atoms with Crippen molar-refractivity contribution in [1.82, 2.24) is 0 Å². The van der Waals surface area contributed by atoms with Gasteiger partial charge in [0.1, 0.15) is 5.78 Å². The summed E-state index contributed by atoms with van der Waals surface area (Å²) in [5, 5.41) is 0. The fourth-order valence-electron chi connectivity index (χ4n) is 2.77. The highest BCUT2D eigenvalue weighted by Gasteiger charge is 2.62. The number of carbonyl (C=O) groups excluding carboxylic acids is 2. The van der Waals surface area contributed by atoms with Gasteiger partial charge in [-0.05, 0) is 18.8 Å². The normalized spacial score (nSPS) is 31.3. The lowest BCUT2D eigenvalue weighted by Crippen LogP contribution is -2.13. The highest BCUT2D eigenvalue weighted by molar-refractivity contribution is 5.94. The van der Waals surface area contributed by atoms with E-state index in [1.807, 2.05) is 0 Å². The van der Waals surface area contributed by atoms with Crippen LogP contribution in [0.15, 0.2) is 0 Å². The molecule has 0 heterocycles. The van der Waals surface area contributed by atoms with Gasteiger partial charge in [0.15, 0.2) is 0 Å². The Labute approximate surface area is 96.5 Å².